The summed E-state index contributed by atoms with van der Waals surface area (Å²) in [5.41, 5.74) is 4.17. The highest BCUT2D eigenvalue weighted by Gasteiger charge is 2.17. The Morgan fingerprint density at radius 3 is 2.35 bits per heavy atom. The predicted octanol–water partition coefficient (Wildman–Crippen LogP) is 6.09. The van der Waals surface area contributed by atoms with Crippen molar-refractivity contribution in [2.45, 2.75) is 52.4 Å². The molecule has 0 saturated heterocycles. The topological polar surface area (TPSA) is 0 Å². The third kappa shape index (κ3) is 4.66. The second-order valence-electron chi connectivity index (χ2n) is 6.53. The second kappa shape index (κ2) is 7.88. The Morgan fingerprint density at radius 1 is 1.15 bits per heavy atom. The molecule has 1 heteroatoms. The van der Waals surface area contributed by atoms with Crippen molar-refractivity contribution in [1.29, 1.82) is 0 Å². The van der Waals surface area contributed by atoms with Gasteiger partial charge >= 0.3 is 0 Å². The Labute approximate surface area is 129 Å². The zero-order valence-electron chi connectivity index (χ0n) is 12.9. The molecule has 0 N–H and O–H groups in total. The number of hydrogen-bond donors (Lipinski definition) is 0. The van der Waals surface area contributed by atoms with Gasteiger partial charge in [0, 0.05) is 5.88 Å². The SMILES string of the molecule is CC(C)Cc1ccc(/C=C(/CCl)C2CCCCC2)cc1. The van der Waals surface area contributed by atoms with E-state index in [0.29, 0.717) is 5.88 Å². The van der Waals surface area contributed by atoms with Gasteiger partial charge in [-0.25, -0.2) is 0 Å². The number of alkyl halides is 1. The summed E-state index contributed by atoms with van der Waals surface area (Å²) < 4.78 is 0. The molecule has 1 aromatic rings. The van der Waals surface area contributed by atoms with Gasteiger partial charge in [0.2, 0.25) is 0 Å². The summed E-state index contributed by atoms with van der Waals surface area (Å²) in [6.45, 7) is 4.53. The monoisotopic (exact) mass is 290 g/mol. The maximum atomic E-state index is 6.18. The Hall–Kier alpha value is -0.750. The third-order valence-corrected chi connectivity index (χ3v) is 4.57. The molecule has 0 spiro atoms. The largest absolute Gasteiger partial charge is 0.122 e. The highest BCUT2D eigenvalue weighted by molar-refractivity contribution is 6.19. The van der Waals surface area contributed by atoms with Crippen LogP contribution >= 0.6 is 11.6 Å². The van der Waals surface area contributed by atoms with Gasteiger partial charge in [-0.1, -0.05) is 69.0 Å². The lowest BCUT2D eigenvalue weighted by Gasteiger charge is -2.23. The number of hydrogen-bond acceptors (Lipinski definition) is 0. The Kier molecular flexibility index (Phi) is 6.16. The van der Waals surface area contributed by atoms with E-state index in [2.05, 4.69) is 44.2 Å². The normalized spacial score (nSPS) is 17.7. The zero-order chi connectivity index (χ0) is 14.4. The molecule has 0 nitrogen and oxygen atoms in total. The molecule has 0 heterocycles. The first-order valence-electron chi connectivity index (χ1n) is 8.04. The summed E-state index contributed by atoms with van der Waals surface area (Å²) in [7, 11) is 0. The molecule has 20 heavy (non-hydrogen) atoms. The summed E-state index contributed by atoms with van der Waals surface area (Å²) in [6, 6.07) is 9.01. The van der Waals surface area contributed by atoms with Crippen LogP contribution in [0, 0.1) is 11.8 Å². The summed E-state index contributed by atoms with van der Waals surface area (Å²) in [5.74, 6) is 2.12. The van der Waals surface area contributed by atoms with Gasteiger partial charge in [-0.3, -0.25) is 0 Å². The summed E-state index contributed by atoms with van der Waals surface area (Å²) in [4.78, 5) is 0. The van der Waals surface area contributed by atoms with Crippen molar-refractivity contribution in [1.82, 2.24) is 0 Å². The average Bonchev–Trinajstić information content (AvgIpc) is 2.47. The molecule has 0 atom stereocenters. The second-order valence-corrected chi connectivity index (χ2v) is 6.79. The Balaban J connectivity index is 2.06. The summed E-state index contributed by atoms with van der Waals surface area (Å²) in [5, 5.41) is 0. The molecule has 1 aromatic carbocycles. The van der Waals surface area contributed by atoms with Gasteiger partial charge in [0.15, 0.2) is 0 Å². The highest BCUT2D eigenvalue weighted by atomic mass is 35.5. The van der Waals surface area contributed by atoms with Gasteiger partial charge in [0.1, 0.15) is 0 Å². The van der Waals surface area contributed by atoms with Crippen molar-refractivity contribution in [3.05, 3.63) is 41.0 Å². The minimum atomic E-state index is 0.679. The van der Waals surface area contributed by atoms with Crippen molar-refractivity contribution >= 4 is 17.7 Å². The third-order valence-electron chi connectivity index (χ3n) is 4.26. The minimum Gasteiger partial charge on any atom is -0.122 e. The fourth-order valence-electron chi connectivity index (χ4n) is 3.17. The lowest BCUT2D eigenvalue weighted by molar-refractivity contribution is 0.405. The van der Waals surface area contributed by atoms with Crippen LogP contribution in [0.5, 0.6) is 0 Å². The van der Waals surface area contributed by atoms with Gasteiger partial charge in [-0.15, -0.1) is 11.6 Å². The van der Waals surface area contributed by atoms with E-state index in [-0.39, 0.29) is 0 Å². The molecular formula is C19H27Cl. The summed E-state index contributed by atoms with van der Waals surface area (Å²) >= 11 is 6.18. The van der Waals surface area contributed by atoms with Crippen LogP contribution in [-0.4, -0.2) is 5.88 Å². The predicted molar refractivity (Wildman–Crippen MR) is 90.3 cm³/mol. The Morgan fingerprint density at radius 2 is 1.80 bits per heavy atom. The van der Waals surface area contributed by atoms with Crippen LogP contribution in [0.4, 0.5) is 0 Å². The first-order valence-corrected chi connectivity index (χ1v) is 8.58. The maximum absolute atomic E-state index is 6.18. The average molecular weight is 291 g/mol. The first kappa shape index (κ1) is 15.6. The van der Waals surface area contributed by atoms with Crippen molar-refractivity contribution in [2.75, 3.05) is 5.88 Å². The van der Waals surface area contributed by atoms with Gasteiger partial charge < -0.3 is 0 Å². The molecule has 0 unspecified atom stereocenters. The van der Waals surface area contributed by atoms with E-state index in [4.69, 9.17) is 11.6 Å². The fourth-order valence-corrected chi connectivity index (χ4v) is 3.47. The standard InChI is InChI=1S/C19H27Cl/c1-15(2)12-16-8-10-17(11-9-16)13-19(14-20)18-6-4-3-5-7-18/h8-11,13,15,18H,3-7,12,14H2,1-2H3/b19-13-. The van der Waals surface area contributed by atoms with Gasteiger partial charge in [0.05, 0.1) is 0 Å². The molecule has 0 aliphatic heterocycles. The van der Waals surface area contributed by atoms with Crippen LogP contribution in [0.1, 0.15) is 57.1 Å². The summed E-state index contributed by atoms with van der Waals surface area (Å²) in [6.07, 6.45) is 10.3. The quantitative estimate of drug-likeness (QED) is 0.576. The molecule has 1 aliphatic carbocycles. The van der Waals surface area contributed by atoms with E-state index in [1.165, 1.54) is 48.8 Å². The van der Waals surface area contributed by atoms with Crippen LogP contribution in [0.3, 0.4) is 0 Å². The van der Waals surface area contributed by atoms with E-state index in [9.17, 15) is 0 Å². The number of benzene rings is 1. The lowest BCUT2D eigenvalue weighted by atomic mass is 9.83. The minimum absolute atomic E-state index is 0.679. The lowest BCUT2D eigenvalue weighted by Crippen LogP contribution is -2.10. The fraction of sp³-hybridized carbons (Fsp3) is 0.579. The van der Waals surface area contributed by atoms with E-state index in [0.717, 1.165) is 18.3 Å². The van der Waals surface area contributed by atoms with Crippen LogP contribution in [0.25, 0.3) is 6.08 Å². The molecule has 2 rings (SSSR count). The molecule has 0 amide bonds. The molecule has 1 aliphatic rings. The van der Waals surface area contributed by atoms with Crippen LogP contribution in [-0.2, 0) is 6.42 Å². The van der Waals surface area contributed by atoms with Crippen LogP contribution in [0.2, 0.25) is 0 Å². The van der Waals surface area contributed by atoms with Gasteiger partial charge in [0.25, 0.3) is 0 Å². The van der Waals surface area contributed by atoms with Gasteiger partial charge in [-0.2, -0.15) is 0 Å². The van der Waals surface area contributed by atoms with E-state index in [1.54, 1.807) is 0 Å². The molecule has 0 aromatic heterocycles. The number of halogens is 1. The Bertz CT molecular complexity index is 422. The maximum Gasteiger partial charge on any atom is 0.0439 e. The van der Waals surface area contributed by atoms with Crippen molar-refractivity contribution in [3.8, 4) is 0 Å². The molecule has 1 fully saturated rings. The molecule has 110 valence electrons. The van der Waals surface area contributed by atoms with Crippen molar-refractivity contribution in [2.24, 2.45) is 11.8 Å². The smallest absolute Gasteiger partial charge is 0.0439 e. The van der Waals surface area contributed by atoms with E-state index >= 15 is 0 Å². The molecule has 0 bridgehead atoms. The van der Waals surface area contributed by atoms with Crippen LogP contribution in [0.15, 0.2) is 29.8 Å². The molecule has 0 radical (unpaired) electrons. The molecule has 1 saturated carbocycles. The van der Waals surface area contributed by atoms with E-state index < -0.39 is 0 Å². The van der Waals surface area contributed by atoms with Crippen molar-refractivity contribution < 1.29 is 0 Å². The van der Waals surface area contributed by atoms with E-state index in [1.807, 2.05) is 0 Å². The first-order chi connectivity index (χ1) is 9.69. The molecular weight excluding hydrogens is 264 g/mol. The van der Waals surface area contributed by atoms with Crippen LogP contribution < -0.4 is 0 Å². The zero-order valence-corrected chi connectivity index (χ0v) is 13.6. The number of rotatable bonds is 5. The number of allylic oxidation sites excluding steroid dienone is 1. The highest BCUT2D eigenvalue weighted by Crippen LogP contribution is 2.31. The van der Waals surface area contributed by atoms with Gasteiger partial charge in [-0.05, 0) is 42.2 Å². The van der Waals surface area contributed by atoms with Crippen molar-refractivity contribution in [3.63, 3.8) is 0 Å².